The van der Waals surface area contributed by atoms with E-state index in [1.54, 1.807) is 0 Å². The summed E-state index contributed by atoms with van der Waals surface area (Å²) in [5.74, 6) is 2.87. The molecule has 0 aliphatic carbocycles. The van der Waals surface area contributed by atoms with Gasteiger partial charge in [-0.25, -0.2) is 4.98 Å². The number of fused-ring (bicyclic) bond motifs is 1. The van der Waals surface area contributed by atoms with Crippen molar-refractivity contribution in [3.8, 4) is 22.9 Å². The van der Waals surface area contributed by atoms with Crippen molar-refractivity contribution in [3.63, 3.8) is 0 Å². The average molecular weight is 320 g/mol. The van der Waals surface area contributed by atoms with Gasteiger partial charge < -0.3 is 19.4 Å². The van der Waals surface area contributed by atoms with E-state index < -0.39 is 0 Å². The van der Waals surface area contributed by atoms with Crippen molar-refractivity contribution in [2.45, 2.75) is 19.4 Å². The molecule has 5 nitrogen and oxygen atoms in total. The molecule has 0 unspecified atom stereocenters. The van der Waals surface area contributed by atoms with E-state index in [-0.39, 0.29) is 6.79 Å². The number of benzene rings is 1. The molecule has 2 aliphatic heterocycles. The van der Waals surface area contributed by atoms with Crippen molar-refractivity contribution in [1.82, 2.24) is 14.9 Å². The van der Waals surface area contributed by atoms with Gasteiger partial charge in [0.1, 0.15) is 5.82 Å². The molecule has 1 aromatic heterocycles. The molecule has 1 aromatic carbocycles. The SMILES string of the molecule is C[C@H]1CNCC[C@@H]1n1ccnc1-c1cc2c(cc1Cl)OCO2. The highest BCUT2D eigenvalue weighted by Crippen LogP contribution is 2.41. The molecule has 0 bridgehead atoms. The molecule has 1 saturated heterocycles. The van der Waals surface area contributed by atoms with E-state index >= 15 is 0 Å². The van der Waals surface area contributed by atoms with Crippen molar-refractivity contribution in [1.29, 1.82) is 0 Å². The predicted molar refractivity (Wildman–Crippen MR) is 84.5 cm³/mol. The molecule has 2 aliphatic rings. The molecule has 0 radical (unpaired) electrons. The lowest BCUT2D eigenvalue weighted by molar-refractivity contribution is 0.174. The molecule has 6 heteroatoms. The number of nitrogens with one attached hydrogen (secondary N) is 1. The topological polar surface area (TPSA) is 48.3 Å². The van der Waals surface area contributed by atoms with Crippen LogP contribution in [0.2, 0.25) is 5.02 Å². The molecular formula is C16H18ClN3O2. The van der Waals surface area contributed by atoms with Crippen LogP contribution in [0.4, 0.5) is 0 Å². The summed E-state index contributed by atoms with van der Waals surface area (Å²) in [6.45, 7) is 4.56. The second-order valence-electron chi connectivity index (χ2n) is 5.88. The normalized spacial score (nSPS) is 23.7. The summed E-state index contributed by atoms with van der Waals surface area (Å²) in [5, 5.41) is 4.07. The summed E-state index contributed by atoms with van der Waals surface area (Å²) in [6, 6.07) is 4.17. The van der Waals surface area contributed by atoms with Crippen LogP contribution in [0.5, 0.6) is 11.5 Å². The maximum absolute atomic E-state index is 6.45. The number of aromatic nitrogens is 2. The lowest BCUT2D eigenvalue weighted by Gasteiger charge is -2.31. The first-order valence-corrected chi connectivity index (χ1v) is 7.95. The highest BCUT2D eigenvalue weighted by atomic mass is 35.5. The Morgan fingerprint density at radius 2 is 2.14 bits per heavy atom. The highest BCUT2D eigenvalue weighted by molar-refractivity contribution is 6.33. The zero-order valence-electron chi connectivity index (χ0n) is 12.4. The lowest BCUT2D eigenvalue weighted by Crippen LogP contribution is -2.36. The van der Waals surface area contributed by atoms with Crippen LogP contribution in [0, 0.1) is 5.92 Å². The summed E-state index contributed by atoms with van der Waals surface area (Å²) in [7, 11) is 0. The zero-order valence-corrected chi connectivity index (χ0v) is 13.1. The van der Waals surface area contributed by atoms with E-state index in [2.05, 4.69) is 21.8 Å². The summed E-state index contributed by atoms with van der Waals surface area (Å²) in [5.41, 5.74) is 0.890. The van der Waals surface area contributed by atoms with Crippen LogP contribution in [0.3, 0.4) is 0 Å². The molecule has 0 spiro atoms. The first-order valence-electron chi connectivity index (χ1n) is 7.57. The highest BCUT2D eigenvalue weighted by Gasteiger charge is 2.26. The fourth-order valence-corrected chi connectivity index (χ4v) is 3.53. The van der Waals surface area contributed by atoms with Crippen molar-refractivity contribution in [2.75, 3.05) is 19.9 Å². The molecule has 116 valence electrons. The Morgan fingerprint density at radius 3 is 2.95 bits per heavy atom. The fourth-order valence-electron chi connectivity index (χ4n) is 3.29. The van der Waals surface area contributed by atoms with Crippen LogP contribution >= 0.6 is 11.6 Å². The van der Waals surface area contributed by atoms with Crippen molar-refractivity contribution in [3.05, 3.63) is 29.5 Å². The van der Waals surface area contributed by atoms with Crippen molar-refractivity contribution in [2.24, 2.45) is 5.92 Å². The number of hydrogen-bond donors (Lipinski definition) is 1. The van der Waals surface area contributed by atoms with E-state index in [1.165, 1.54) is 0 Å². The number of rotatable bonds is 2. The number of imidazole rings is 1. The molecule has 3 heterocycles. The zero-order chi connectivity index (χ0) is 15.1. The summed E-state index contributed by atoms with van der Waals surface area (Å²) in [4.78, 5) is 4.54. The van der Waals surface area contributed by atoms with E-state index in [1.807, 2.05) is 24.5 Å². The van der Waals surface area contributed by atoms with Gasteiger partial charge in [-0.05, 0) is 31.5 Å². The minimum Gasteiger partial charge on any atom is -0.454 e. The van der Waals surface area contributed by atoms with Gasteiger partial charge in [0.15, 0.2) is 11.5 Å². The largest absolute Gasteiger partial charge is 0.454 e. The lowest BCUT2D eigenvalue weighted by atomic mass is 9.94. The van der Waals surface area contributed by atoms with Crippen LogP contribution < -0.4 is 14.8 Å². The van der Waals surface area contributed by atoms with Gasteiger partial charge in [-0.1, -0.05) is 18.5 Å². The monoisotopic (exact) mass is 319 g/mol. The third-order valence-electron chi connectivity index (χ3n) is 4.47. The minimum atomic E-state index is 0.245. The molecule has 2 atom stereocenters. The summed E-state index contributed by atoms with van der Waals surface area (Å²) in [6.07, 6.45) is 4.97. The van der Waals surface area contributed by atoms with Crippen LogP contribution in [0.25, 0.3) is 11.4 Å². The van der Waals surface area contributed by atoms with Crippen LogP contribution in [0.1, 0.15) is 19.4 Å². The second kappa shape index (κ2) is 5.48. The molecule has 4 rings (SSSR count). The Morgan fingerprint density at radius 1 is 1.32 bits per heavy atom. The van der Waals surface area contributed by atoms with Crippen LogP contribution in [0.15, 0.2) is 24.5 Å². The minimum absolute atomic E-state index is 0.245. The number of nitrogens with zero attached hydrogens (tertiary/aromatic N) is 2. The molecule has 1 N–H and O–H groups in total. The maximum Gasteiger partial charge on any atom is 0.231 e. The van der Waals surface area contributed by atoms with Gasteiger partial charge in [0.25, 0.3) is 0 Å². The predicted octanol–water partition coefficient (Wildman–Crippen LogP) is 3.10. The second-order valence-corrected chi connectivity index (χ2v) is 6.29. The van der Waals surface area contributed by atoms with E-state index in [4.69, 9.17) is 21.1 Å². The Bertz CT molecular complexity index is 701. The Labute approximate surface area is 134 Å². The molecular weight excluding hydrogens is 302 g/mol. The van der Waals surface area contributed by atoms with Gasteiger partial charge in [-0.15, -0.1) is 0 Å². The van der Waals surface area contributed by atoms with Crippen molar-refractivity contribution >= 4 is 11.6 Å². The van der Waals surface area contributed by atoms with Gasteiger partial charge in [-0.3, -0.25) is 0 Å². The number of ether oxygens (including phenoxy) is 2. The van der Waals surface area contributed by atoms with Gasteiger partial charge in [0.2, 0.25) is 6.79 Å². The first kappa shape index (κ1) is 13.9. The van der Waals surface area contributed by atoms with Gasteiger partial charge >= 0.3 is 0 Å². The summed E-state index contributed by atoms with van der Waals surface area (Å²) < 4.78 is 13.1. The van der Waals surface area contributed by atoms with E-state index in [0.29, 0.717) is 22.7 Å². The summed E-state index contributed by atoms with van der Waals surface area (Å²) >= 11 is 6.45. The third kappa shape index (κ3) is 2.25. The van der Waals surface area contributed by atoms with E-state index in [0.717, 1.165) is 36.6 Å². The first-order chi connectivity index (χ1) is 10.7. The van der Waals surface area contributed by atoms with E-state index in [9.17, 15) is 0 Å². The molecule has 22 heavy (non-hydrogen) atoms. The van der Waals surface area contributed by atoms with Gasteiger partial charge in [-0.2, -0.15) is 0 Å². The fraction of sp³-hybridized carbons (Fsp3) is 0.438. The third-order valence-corrected chi connectivity index (χ3v) is 4.78. The average Bonchev–Trinajstić information content (AvgIpc) is 3.15. The molecule has 2 aromatic rings. The van der Waals surface area contributed by atoms with Gasteiger partial charge in [0.05, 0.1) is 5.02 Å². The standard InChI is InChI=1S/C16H18ClN3O2/c1-10-8-18-3-2-13(10)20-5-4-19-16(20)11-6-14-15(7-12(11)17)22-9-21-14/h4-7,10,13,18H,2-3,8-9H2,1H3/t10-,13-/m0/s1. The number of hydrogen-bond acceptors (Lipinski definition) is 4. The maximum atomic E-state index is 6.45. The van der Waals surface area contributed by atoms with Crippen molar-refractivity contribution < 1.29 is 9.47 Å². The van der Waals surface area contributed by atoms with Crippen LogP contribution in [-0.4, -0.2) is 29.4 Å². The Balaban J connectivity index is 1.76. The Kier molecular flexibility index (Phi) is 3.47. The molecule has 0 amide bonds. The molecule has 0 saturated carbocycles. The Hall–Kier alpha value is -1.72. The van der Waals surface area contributed by atoms with Gasteiger partial charge in [0, 0.05) is 30.1 Å². The quantitative estimate of drug-likeness (QED) is 0.924. The number of piperidine rings is 1. The number of halogens is 1. The van der Waals surface area contributed by atoms with Crippen LogP contribution in [-0.2, 0) is 0 Å². The molecule has 1 fully saturated rings. The smallest absolute Gasteiger partial charge is 0.231 e.